The lowest BCUT2D eigenvalue weighted by Crippen LogP contribution is -2.37. The minimum absolute atomic E-state index is 0.106. The third-order valence-corrected chi connectivity index (χ3v) is 4.89. The van der Waals surface area contributed by atoms with Gasteiger partial charge in [0.1, 0.15) is 11.5 Å². The molecule has 0 radical (unpaired) electrons. The van der Waals surface area contributed by atoms with Gasteiger partial charge in [-0.3, -0.25) is 4.79 Å². The molecule has 0 spiro atoms. The number of benzene rings is 1. The van der Waals surface area contributed by atoms with E-state index >= 15 is 0 Å². The van der Waals surface area contributed by atoms with Gasteiger partial charge < -0.3 is 14.1 Å². The highest BCUT2D eigenvalue weighted by Gasteiger charge is 2.16. The van der Waals surface area contributed by atoms with Crippen molar-refractivity contribution in [1.29, 1.82) is 0 Å². The normalized spacial score (nSPS) is 11.2. The van der Waals surface area contributed by atoms with E-state index in [1.807, 2.05) is 0 Å². The SMILES string of the molecule is COc1ccc(S(=O)(=O)NCCN(Cc2ccco2)C(C)=O)cc1. The molecule has 24 heavy (non-hydrogen) atoms. The summed E-state index contributed by atoms with van der Waals surface area (Å²) in [6, 6.07) is 9.58. The summed E-state index contributed by atoms with van der Waals surface area (Å²) in [5.74, 6) is 1.06. The molecule has 0 aliphatic heterocycles. The van der Waals surface area contributed by atoms with Crippen molar-refractivity contribution >= 4 is 15.9 Å². The smallest absolute Gasteiger partial charge is 0.240 e. The molecule has 0 saturated heterocycles. The number of nitrogens with zero attached hydrogens (tertiary/aromatic N) is 1. The van der Waals surface area contributed by atoms with Crippen LogP contribution in [0.25, 0.3) is 0 Å². The molecule has 0 aliphatic rings. The molecule has 1 N–H and O–H groups in total. The molecule has 0 bridgehead atoms. The fourth-order valence-corrected chi connectivity index (χ4v) is 3.11. The van der Waals surface area contributed by atoms with E-state index in [1.54, 1.807) is 24.3 Å². The quantitative estimate of drug-likeness (QED) is 0.780. The molecule has 8 heteroatoms. The summed E-state index contributed by atoms with van der Waals surface area (Å²) >= 11 is 0. The first-order valence-corrected chi connectivity index (χ1v) is 8.82. The maximum atomic E-state index is 12.2. The standard InChI is InChI=1S/C16H20N2O5S/c1-13(19)18(12-15-4-3-11-23-15)10-9-17-24(20,21)16-7-5-14(22-2)6-8-16/h3-8,11,17H,9-10,12H2,1-2H3. The van der Waals surface area contributed by atoms with Crippen LogP contribution in [0.15, 0.2) is 52.0 Å². The average Bonchev–Trinajstić information content (AvgIpc) is 3.07. The number of hydrogen-bond acceptors (Lipinski definition) is 5. The molecule has 1 aromatic heterocycles. The third-order valence-electron chi connectivity index (χ3n) is 3.42. The molecule has 2 aromatic rings. The molecule has 1 heterocycles. The second kappa shape index (κ2) is 7.98. The number of furan rings is 1. The van der Waals surface area contributed by atoms with E-state index in [0.717, 1.165) is 0 Å². The Balaban J connectivity index is 1.93. The van der Waals surface area contributed by atoms with Crippen LogP contribution in [0.2, 0.25) is 0 Å². The summed E-state index contributed by atoms with van der Waals surface area (Å²) in [5.41, 5.74) is 0. The number of rotatable bonds is 8. The van der Waals surface area contributed by atoms with Gasteiger partial charge in [0.2, 0.25) is 15.9 Å². The molecule has 0 atom stereocenters. The van der Waals surface area contributed by atoms with Crippen LogP contribution in [-0.4, -0.2) is 39.4 Å². The van der Waals surface area contributed by atoms with Gasteiger partial charge in [-0.05, 0) is 36.4 Å². The molecule has 1 aromatic carbocycles. The van der Waals surface area contributed by atoms with Crippen LogP contribution in [0.5, 0.6) is 5.75 Å². The van der Waals surface area contributed by atoms with Gasteiger partial charge in [0.05, 0.1) is 24.8 Å². The van der Waals surface area contributed by atoms with Crippen molar-refractivity contribution in [1.82, 2.24) is 9.62 Å². The number of amides is 1. The molecule has 0 aliphatic carbocycles. The Morgan fingerprint density at radius 1 is 1.25 bits per heavy atom. The van der Waals surface area contributed by atoms with E-state index in [-0.39, 0.29) is 23.9 Å². The summed E-state index contributed by atoms with van der Waals surface area (Å²) in [5, 5.41) is 0. The lowest BCUT2D eigenvalue weighted by atomic mass is 10.3. The highest BCUT2D eigenvalue weighted by molar-refractivity contribution is 7.89. The summed E-state index contributed by atoms with van der Waals surface area (Å²) in [6.45, 7) is 2.08. The van der Waals surface area contributed by atoms with Crippen molar-refractivity contribution in [2.24, 2.45) is 0 Å². The molecule has 0 unspecified atom stereocenters. The number of sulfonamides is 1. The molecule has 130 valence electrons. The topological polar surface area (TPSA) is 88.8 Å². The molecule has 0 fully saturated rings. The lowest BCUT2D eigenvalue weighted by molar-refractivity contribution is -0.129. The van der Waals surface area contributed by atoms with Crippen molar-refractivity contribution in [3.63, 3.8) is 0 Å². The molecule has 7 nitrogen and oxygen atoms in total. The Bertz CT molecular complexity index is 754. The van der Waals surface area contributed by atoms with E-state index in [9.17, 15) is 13.2 Å². The zero-order chi connectivity index (χ0) is 17.6. The Kier molecular flexibility index (Phi) is 5.99. The van der Waals surface area contributed by atoms with Gasteiger partial charge in [-0.2, -0.15) is 0 Å². The average molecular weight is 352 g/mol. The van der Waals surface area contributed by atoms with Gasteiger partial charge in [0.15, 0.2) is 0 Å². The van der Waals surface area contributed by atoms with Crippen LogP contribution in [0.3, 0.4) is 0 Å². The van der Waals surface area contributed by atoms with Gasteiger partial charge in [-0.1, -0.05) is 0 Å². The largest absolute Gasteiger partial charge is 0.497 e. The van der Waals surface area contributed by atoms with E-state index in [2.05, 4.69) is 4.72 Å². The number of methoxy groups -OCH3 is 1. The minimum Gasteiger partial charge on any atom is -0.497 e. The minimum atomic E-state index is -3.64. The number of hydrogen-bond donors (Lipinski definition) is 1. The summed E-state index contributed by atoms with van der Waals surface area (Å²) in [6.07, 6.45) is 1.53. The molecule has 2 rings (SSSR count). The second-order valence-electron chi connectivity index (χ2n) is 5.09. The number of carbonyl (C=O) groups excluding carboxylic acids is 1. The van der Waals surface area contributed by atoms with Crippen molar-refractivity contribution in [2.45, 2.75) is 18.4 Å². The number of nitrogens with one attached hydrogen (secondary N) is 1. The van der Waals surface area contributed by atoms with Gasteiger partial charge in [-0.25, -0.2) is 13.1 Å². The Morgan fingerprint density at radius 2 is 1.96 bits per heavy atom. The van der Waals surface area contributed by atoms with Gasteiger partial charge >= 0.3 is 0 Å². The van der Waals surface area contributed by atoms with Crippen molar-refractivity contribution < 1.29 is 22.4 Å². The Hall–Kier alpha value is -2.32. The maximum absolute atomic E-state index is 12.2. The lowest BCUT2D eigenvalue weighted by Gasteiger charge is -2.20. The summed E-state index contributed by atoms with van der Waals surface area (Å²) < 4.78 is 37.1. The fourth-order valence-electron chi connectivity index (χ4n) is 2.09. The predicted molar refractivity (Wildman–Crippen MR) is 88.0 cm³/mol. The van der Waals surface area contributed by atoms with E-state index in [1.165, 1.54) is 37.3 Å². The van der Waals surface area contributed by atoms with Crippen LogP contribution in [-0.2, 0) is 21.4 Å². The van der Waals surface area contributed by atoms with Crippen LogP contribution in [0.1, 0.15) is 12.7 Å². The first-order chi connectivity index (χ1) is 11.4. The monoisotopic (exact) mass is 352 g/mol. The van der Waals surface area contributed by atoms with Crippen LogP contribution in [0, 0.1) is 0 Å². The van der Waals surface area contributed by atoms with E-state index in [4.69, 9.17) is 9.15 Å². The number of carbonyl (C=O) groups is 1. The maximum Gasteiger partial charge on any atom is 0.240 e. The fraction of sp³-hybridized carbons (Fsp3) is 0.312. The third kappa shape index (κ3) is 4.84. The van der Waals surface area contributed by atoms with Crippen LogP contribution >= 0.6 is 0 Å². The summed E-state index contributed by atoms with van der Waals surface area (Å²) in [4.78, 5) is 13.3. The highest BCUT2D eigenvalue weighted by atomic mass is 32.2. The zero-order valence-corrected chi connectivity index (χ0v) is 14.4. The first kappa shape index (κ1) is 18.0. The van der Waals surface area contributed by atoms with E-state index < -0.39 is 10.0 Å². The molecular weight excluding hydrogens is 332 g/mol. The van der Waals surface area contributed by atoms with Gasteiger partial charge in [0.25, 0.3) is 0 Å². The Morgan fingerprint density at radius 3 is 2.50 bits per heavy atom. The molecule has 1 amide bonds. The van der Waals surface area contributed by atoms with Crippen molar-refractivity contribution in [3.8, 4) is 5.75 Å². The van der Waals surface area contributed by atoms with Gasteiger partial charge in [-0.15, -0.1) is 0 Å². The summed E-state index contributed by atoms with van der Waals surface area (Å²) in [7, 11) is -2.12. The Labute approximate surface area is 141 Å². The first-order valence-electron chi connectivity index (χ1n) is 7.34. The van der Waals surface area contributed by atoms with Crippen LogP contribution in [0.4, 0.5) is 0 Å². The second-order valence-corrected chi connectivity index (χ2v) is 6.86. The van der Waals surface area contributed by atoms with Crippen molar-refractivity contribution in [2.75, 3.05) is 20.2 Å². The van der Waals surface area contributed by atoms with E-state index in [0.29, 0.717) is 18.1 Å². The molecule has 0 saturated carbocycles. The number of ether oxygens (including phenoxy) is 1. The van der Waals surface area contributed by atoms with Crippen molar-refractivity contribution in [3.05, 3.63) is 48.4 Å². The van der Waals surface area contributed by atoms with Crippen LogP contribution < -0.4 is 9.46 Å². The molecular formula is C16H20N2O5S. The van der Waals surface area contributed by atoms with Gasteiger partial charge in [0, 0.05) is 20.0 Å². The predicted octanol–water partition coefficient (Wildman–Crippen LogP) is 1.62. The highest BCUT2D eigenvalue weighted by Crippen LogP contribution is 2.15. The zero-order valence-electron chi connectivity index (χ0n) is 13.6.